The summed E-state index contributed by atoms with van der Waals surface area (Å²) in [4.78, 5) is 48.3. The largest absolute Gasteiger partial charge is 0.325 e. The number of nitrogens with one attached hydrogen (secondary N) is 3. The second-order valence-corrected chi connectivity index (χ2v) is 6.71. The van der Waals surface area contributed by atoms with Gasteiger partial charge in [0.15, 0.2) is 0 Å². The predicted octanol–water partition coefficient (Wildman–Crippen LogP) is 1.47. The standard InChI is InChI=1S/C15H16Cl2N4O4/c1-15(2)13(24)21(14(25)18-15)6-5-11(22)19-20-12(23)8-3-4-9(16)10(17)7-8/h3-4,7H,5-6H2,1-2H3,(H,18,25)(H,19,22)(H,20,23). The van der Waals surface area contributed by atoms with Gasteiger partial charge in [0.1, 0.15) is 5.54 Å². The van der Waals surface area contributed by atoms with Crippen molar-refractivity contribution in [2.75, 3.05) is 6.54 Å². The molecule has 0 aromatic heterocycles. The molecule has 2 rings (SSSR count). The Balaban J connectivity index is 1.83. The van der Waals surface area contributed by atoms with Crippen LogP contribution in [-0.4, -0.2) is 40.7 Å². The molecule has 5 amide bonds. The van der Waals surface area contributed by atoms with Crippen LogP contribution in [-0.2, 0) is 9.59 Å². The van der Waals surface area contributed by atoms with E-state index in [2.05, 4.69) is 16.2 Å². The number of amides is 5. The Bertz CT molecular complexity index is 751. The monoisotopic (exact) mass is 386 g/mol. The quantitative estimate of drug-likeness (QED) is 0.537. The Kier molecular flexibility index (Phi) is 5.54. The highest BCUT2D eigenvalue weighted by molar-refractivity contribution is 6.42. The number of halogens is 2. The van der Waals surface area contributed by atoms with Crippen LogP contribution < -0.4 is 16.2 Å². The van der Waals surface area contributed by atoms with Crippen LogP contribution in [0.15, 0.2) is 18.2 Å². The van der Waals surface area contributed by atoms with Crippen molar-refractivity contribution in [2.45, 2.75) is 25.8 Å². The topological polar surface area (TPSA) is 108 Å². The molecule has 1 aliphatic rings. The molecule has 10 heteroatoms. The molecule has 3 N–H and O–H groups in total. The van der Waals surface area contributed by atoms with Gasteiger partial charge in [-0.3, -0.25) is 30.1 Å². The lowest BCUT2D eigenvalue weighted by Gasteiger charge is -2.15. The van der Waals surface area contributed by atoms with Crippen LogP contribution in [0.3, 0.4) is 0 Å². The third-order valence-electron chi connectivity index (χ3n) is 3.50. The third-order valence-corrected chi connectivity index (χ3v) is 4.24. The van der Waals surface area contributed by atoms with Gasteiger partial charge < -0.3 is 5.32 Å². The normalized spacial score (nSPS) is 15.8. The van der Waals surface area contributed by atoms with E-state index in [9.17, 15) is 19.2 Å². The highest BCUT2D eigenvalue weighted by Crippen LogP contribution is 2.22. The zero-order valence-corrected chi connectivity index (χ0v) is 15.0. The van der Waals surface area contributed by atoms with Gasteiger partial charge in [-0.05, 0) is 32.0 Å². The van der Waals surface area contributed by atoms with E-state index in [1.54, 1.807) is 13.8 Å². The summed E-state index contributed by atoms with van der Waals surface area (Å²) in [5, 5.41) is 3.03. The Morgan fingerprint density at radius 3 is 2.40 bits per heavy atom. The molecule has 0 atom stereocenters. The first-order valence-electron chi connectivity index (χ1n) is 7.30. The maximum atomic E-state index is 12.0. The Labute approximate surface area is 153 Å². The molecule has 1 aromatic carbocycles. The number of hydrogen-bond acceptors (Lipinski definition) is 4. The van der Waals surface area contributed by atoms with Crippen molar-refractivity contribution in [1.29, 1.82) is 0 Å². The number of carbonyl (C=O) groups is 4. The summed E-state index contributed by atoms with van der Waals surface area (Å²) in [7, 11) is 0. The van der Waals surface area contributed by atoms with Crippen LogP contribution in [0.25, 0.3) is 0 Å². The minimum absolute atomic E-state index is 0.0947. The molecule has 1 aromatic rings. The summed E-state index contributed by atoms with van der Waals surface area (Å²) in [5.74, 6) is -1.55. The zero-order chi connectivity index (χ0) is 18.8. The van der Waals surface area contributed by atoms with Gasteiger partial charge in [0.25, 0.3) is 11.8 Å². The molecule has 8 nitrogen and oxygen atoms in total. The lowest BCUT2D eigenvalue weighted by molar-refractivity contribution is -0.130. The van der Waals surface area contributed by atoms with Crippen LogP contribution in [0, 0.1) is 0 Å². The van der Waals surface area contributed by atoms with E-state index in [1.807, 2.05) is 0 Å². The summed E-state index contributed by atoms with van der Waals surface area (Å²) < 4.78 is 0. The fourth-order valence-electron chi connectivity index (χ4n) is 2.13. The van der Waals surface area contributed by atoms with Gasteiger partial charge in [0.05, 0.1) is 10.0 Å². The molecule has 134 valence electrons. The number of rotatable bonds is 4. The third kappa shape index (κ3) is 4.40. The maximum Gasteiger partial charge on any atom is 0.325 e. The fourth-order valence-corrected chi connectivity index (χ4v) is 2.43. The number of hydrazine groups is 1. The Morgan fingerprint density at radius 2 is 1.84 bits per heavy atom. The van der Waals surface area contributed by atoms with Gasteiger partial charge in [-0.15, -0.1) is 0 Å². The molecule has 1 fully saturated rings. The van der Waals surface area contributed by atoms with Crippen molar-refractivity contribution in [3.05, 3.63) is 33.8 Å². The Hall–Kier alpha value is -2.32. The van der Waals surface area contributed by atoms with E-state index in [-0.39, 0.29) is 23.6 Å². The SMILES string of the molecule is CC1(C)NC(=O)N(CCC(=O)NNC(=O)c2ccc(Cl)c(Cl)c2)C1=O. The van der Waals surface area contributed by atoms with Crippen molar-refractivity contribution in [1.82, 2.24) is 21.1 Å². The molecular formula is C15H16Cl2N4O4. The summed E-state index contributed by atoms with van der Waals surface area (Å²) in [6.45, 7) is 3.05. The smallest absolute Gasteiger partial charge is 0.324 e. The van der Waals surface area contributed by atoms with Crippen LogP contribution in [0.4, 0.5) is 4.79 Å². The average molecular weight is 387 g/mol. The molecule has 1 aliphatic heterocycles. The maximum absolute atomic E-state index is 12.0. The number of urea groups is 1. The second kappa shape index (κ2) is 7.28. The summed E-state index contributed by atoms with van der Waals surface area (Å²) in [5.41, 5.74) is 3.64. The molecule has 0 saturated carbocycles. The lowest BCUT2D eigenvalue weighted by atomic mass is 10.1. The molecule has 0 aliphatic carbocycles. The zero-order valence-electron chi connectivity index (χ0n) is 13.5. The first kappa shape index (κ1) is 19.0. The predicted molar refractivity (Wildman–Crippen MR) is 91.0 cm³/mol. The van der Waals surface area contributed by atoms with E-state index in [4.69, 9.17) is 23.2 Å². The second-order valence-electron chi connectivity index (χ2n) is 5.89. The van der Waals surface area contributed by atoms with E-state index in [0.29, 0.717) is 5.02 Å². The van der Waals surface area contributed by atoms with Crippen molar-refractivity contribution in [2.24, 2.45) is 0 Å². The molecule has 0 spiro atoms. The minimum atomic E-state index is -0.990. The summed E-state index contributed by atoms with van der Waals surface area (Å²) >= 11 is 11.6. The van der Waals surface area contributed by atoms with Gasteiger partial charge in [-0.25, -0.2) is 4.79 Å². The molecule has 0 radical (unpaired) electrons. The van der Waals surface area contributed by atoms with E-state index in [1.165, 1.54) is 18.2 Å². The Morgan fingerprint density at radius 1 is 1.16 bits per heavy atom. The number of imide groups is 1. The molecule has 0 unspecified atom stereocenters. The van der Waals surface area contributed by atoms with Crippen LogP contribution in [0.1, 0.15) is 30.6 Å². The van der Waals surface area contributed by atoms with Gasteiger partial charge >= 0.3 is 6.03 Å². The first-order chi connectivity index (χ1) is 11.6. The van der Waals surface area contributed by atoms with Crippen LogP contribution >= 0.6 is 23.2 Å². The van der Waals surface area contributed by atoms with Crippen LogP contribution in [0.2, 0.25) is 10.0 Å². The van der Waals surface area contributed by atoms with E-state index >= 15 is 0 Å². The number of benzene rings is 1. The van der Waals surface area contributed by atoms with Gasteiger partial charge in [-0.1, -0.05) is 23.2 Å². The van der Waals surface area contributed by atoms with Gasteiger partial charge in [-0.2, -0.15) is 0 Å². The first-order valence-corrected chi connectivity index (χ1v) is 8.06. The number of carbonyl (C=O) groups excluding carboxylic acids is 4. The minimum Gasteiger partial charge on any atom is -0.324 e. The molecule has 25 heavy (non-hydrogen) atoms. The molecule has 0 bridgehead atoms. The van der Waals surface area contributed by atoms with Crippen molar-refractivity contribution in [3.63, 3.8) is 0 Å². The summed E-state index contributed by atoms with van der Waals surface area (Å²) in [6.07, 6.45) is -0.156. The number of hydrogen-bond donors (Lipinski definition) is 3. The van der Waals surface area contributed by atoms with E-state index in [0.717, 1.165) is 4.90 Å². The van der Waals surface area contributed by atoms with Crippen molar-refractivity contribution >= 4 is 47.0 Å². The highest BCUT2D eigenvalue weighted by Gasteiger charge is 2.43. The van der Waals surface area contributed by atoms with Crippen LogP contribution in [0.5, 0.6) is 0 Å². The van der Waals surface area contributed by atoms with Crippen molar-refractivity contribution < 1.29 is 19.2 Å². The van der Waals surface area contributed by atoms with Gasteiger partial charge in [0.2, 0.25) is 5.91 Å². The summed E-state index contributed by atoms with van der Waals surface area (Å²) in [6, 6.07) is 3.72. The fraction of sp³-hybridized carbons (Fsp3) is 0.333. The molecular weight excluding hydrogens is 371 g/mol. The lowest BCUT2D eigenvalue weighted by Crippen LogP contribution is -2.44. The number of nitrogens with zero attached hydrogens (tertiary/aromatic N) is 1. The van der Waals surface area contributed by atoms with Crippen molar-refractivity contribution in [3.8, 4) is 0 Å². The highest BCUT2D eigenvalue weighted by atomic mass is 35.5. The van der Waals surface area contributed by atoms with E-state index < -0.39 is 29.3 Å². The molecule has 1 saturated heterocycles. The average Bonchev–Trinajstić information content (AvgIpc) is 2.73. The van der Waals surface area contributed by atoms with Gasteiger partial charge in [0, 0.05) is 18.5 Å². The molecule has 1 heterocycles.